The zero-order chi connectivity index (χ0) is 14.5. The van der Waals surface area contributed by atoms with Gasteiger partial charge in [-0.05, 0) is 56.2 Å². The van der Waals surface area contributed by atoms with E-state index in [1.54, 1.807) is 0 Å². The Morgan fingerprint density at radius 3 is 2.71 bits per heavy atom. The van der Waals surface area contributed by atoms with Crippen LogP contribution >= 0.6 is 0 Å². The summed E-state index contributed by atoms with van der Waals surface area (Å²) >= 11 is 0. The molecular formula is C19H29NO. The quantitative estimate of drug-likeness (QED) is 0.874. The van der Waals surface area contributed by atoms with Crippen LogP contribution in [0.25, 0.3) is 0 Å². The van der Waals surface area contributed by atoms with Crippen LogP contribution in [0, 0.1) is 5.92 Å². The van der Waals surface area contributed by atoms with Crippen molar-refractivity contribution in [1.29, 1.82) is 0 Å². The fourth-order valence-corrected chi connectivity index (χ4v) is 4.09. The number of aryl methyl sites for hydroxylation is 1. The smallest absolute Gasteiger partial charge is 0.0828 e. The lowest BCUT2D eigenvalue weighted by Gasteiger charge is -2.32. The Bertz CT molecular complexity index is 439. The van der Waals surface area contributed by atoms with E-state index in [2.05, 4.69) is 36.6 Å². The van der Waals surface area contributed by atoms with Gasteiger partial charge in [0.1, 0.15) is 0 Å². The second-order valence-electron chi connectivity index (χ2n) is 6.71. The molecule has 116 valence electrons. The topological polar surface area (TPSA) is 21.3 Å². The molecule has 0 amide bonds. The van der Waals surface area contributed by atoms with Crippen LogP contribution in [0.2, 0.25) is 0 Å². The largest absolute Gasteiger partial charge is 0.372 e. The van der Waals surface area contributed by atoms with Crippen LogP contribution in [-0.4, -0.2) is 19.7 Å². The molecule has 2 heteroatoms. The first-order valence-corrected chi connectivity index (χ1v) is 8.75. The lowest BCUT2D eigenvalue weighted by Crippen LogP contribution is -2.39. The van der Waals surface area contributed by atoms with Crippen LogP contribution in [0.15, 0.2) is 24.3 Å². The highest BCUT2D eigenvalue weighted by molar-refractivity contribution is 5.31. The maximum absolute atomic E-state index is 6.35. The van der Waals surface area contributed by atoms with Crippen molar-refractivity contribution in [2.75, 3.05) is 13.7 Å². The monoisotopic (exact) mass is 287 g/mol. The van der Waals surface area contributed by atoms with Crippen LogP contribution in [0.4, 0.5) is 0 Å². The fourth-order valence-electron chi connectivity index (χ4n) is 4.09. The van der Waals surface area contributed by atoms with Gasteiger partial charge in [-0.1, -0.05) is 43.5 Å². The minimum atomic E-state index is 0.314. The number of ether oxygens (including phenoxy) is 1. The third-order valence-electron chi connectivity index (χ3n) is 5.38. The number of rotatable bonds is 5. The Morgan fingerprint density at radius 2 is 1.90 bits per heavy atom. The van der Waals surface area contributed by atoms with Gasteiger partial charge in [-0.15, -0.1) is 0 Å². The number of nitrogens with one attached hydrogen (secondary N) is 1. The molecule has 1 aromatic rings. The minimum absolute atomic E-state index is 0.314. The first-order chi connectivity index (χ1) is 10.4. The van der Waals surface area contributed by atoms with E-state index in [-0.39, 0.29) is 0 Å². The molecule has 2 aliphatic rings. The molecule has 1 N–H and O–H groups in total. The minimum Gasteiger partial charge on any atom is -0.372 e. The molecule has 0 heterocycles. The number of fused-ring (bicyclic) bond motifs is 1. The van der Waals surface area contributed by atoms with Gasteiger partial charge in [0.2, 0.25) is 0 Å². The molecule has 0 aromatic heterocycles. The average molecular weight is 287 g/mol. The molecule has 0 spiro atoms. The summed E-state index contributed by atoms with van der Waals surface area (Å²) in [7, 11) is 2.09. The van der Waals surface area contributed by atoms with Crippen LogP contribution in [-0.2, 0) is 11.2 Å². The summed E-state index contributed by atoms with van der Waals surface area (Å²) in [4.78, 5) is 0. The van der Waals surface area contributed by atoms with Gasteiger partial charge in [-0.25, -0.2) is 0 Å². The Labute approximate surface area is 129 Å². The van der Waals surface area contributed by atoms with Gasteiger partial charge in [-0.3, -0.25) is 0 Å². The highest BCUT2D eigenvalue weighted by Crippen LogP contribution is 2.33. The predicted octanol–water partition coefficient (Wildman–Crippen LogP) is 4.25. The highest BCUT2D eigenvalue weighted by Gasteiger charge is 2.25. The average Bonchev–Trinajstić information content (AvgIpc) is 2.56. The van der Waals surface area contributed by atoms with E-state index >= 15 is 0 Å². The summed E-state index contributed by atoms with van der Waals surface area (Å²) < 4.78 is 6.35. The lowest BCUT2D eigenvalue weighted by atomic mass is 9.84. The van der Waals surface area contributed by atoms with E-state index in [4.69, 9.17) is 4.74 Å². The van der Waals surface area contributed by atoms with E-state index < -0.39 is 0 Å². The molecule has 1 aromatic carbocycles. The zero-order valence-corrected chi connectivity index (χ0v) is 13.3. The van der Waals surface area contributed by atoms with Gasteiger partial charge in [0.15, 0.2) is 0 Å². The van der Waals surface area contributed by atoms with Gasteiger partial charge in [0, 0.05) is 6.04 Å². The molecule has 2 atom stereocenters. The SMILES string of the molecule is CNC(COC1CCCc2ccccc21)C1CCCCC1. The van der Waals surface area contributed by atoms with Crippen LogP contribution in [0.3, 0.4) is 0 Å². The van der Waals surface area contributed by atoms with Crippen LogP contribution in [0.1, 0.15) is 62.2 Å². The first-order valence-electron chi connectivity index (χ1n) is 8.75. The molecule has 1 fully saturated rings. The molecule has 2 aliphatic carbocycles. The summed E-state index contributed by atoms with van der Waals surface area (Å²) in [6.07, 6.45) is 10.9. The molecule has 1 saturated carbocycles. The third kappa shape index (κ3) is 3.67. The van der Waals surface area contributed by atoms with Crippen molar-refractivity contribution in [3.05, 3.63) is 35.4 Å². The number of hydrogen-bond donors (Lipinski definition) is 1. The van der Waals surface area contributed by atoms with Crippen molar-refractivity contribution in [3.8, 4) is 0 Å². The highest BCUT2D eigenvalue weighted by atomic mass is 16.5. The first kappa shape index (κ1) is 15.1. The van der Waals surface area contributed by atoms with E-state index in [0.29, 0.717) is 12.1 Å². The summed E-state index contributed by atoms with van der Waals surface area (Å²) in [6.45, 7) is 0.861. The number of likely N-dealkylation sites (N-methyl/N-ethyl adjacent to an activating group) is 1. The van der Waals surface area contributed by atoms with E-state index in [9.17, 15) is 0 Å². The van der Waals surface area contributed by atoms with E-state index in [1.165, 1.54) is 62.5 Å². The Morgan fingerprint density at radius 1 is 1.10 bits per heavy atom. The number of benzene rings is 1. The van der Waals surface area contributed by atoms with Crippen molar-refractivity contribution in [3.63, 3.8) is 0 Å². The van der Waals surface area contributed by atoms with Crippen molar-refractivity contribution in [2.45, 2.75) is 63.5 Å². The van der Waals surface area contributed by atoms with Gasteiger partial charge in [0.25, 0.3) is 0 Å². The van der Waals surface area contributed by atoms with Crippen molar-refractivity contribution in [1.82, 2.24) is 5.32 Å². The fraction of sp³-hybridized carbons (Fsp3) is 0.684. The van der Waals surface area contributed by atoms with Crippen molar-refractivity contribution >= 4 is 0 Å². The van der Waals surface area contributed by atoms with Gasteiger partial charge in [0.05, 0.1) is 12.7 Å². The van der Waals surface area contributed by atoms with Crippen LogP contribution < -0.4 is 5.32 Å². The second kappa shape index (κ2) is 7.42. The van der Waals surface area contributed by atoms with E-state index in [1.807, 2.05) is 0 Å². The summed E-state index contributed by atoms with van der Waals surface area (Å²) in [5, 5.41) is 3.51. The third-order valence-corrected chi connectivity index (χ3v) is 5.38. The Balaban J connectivity index is 1.59. The lowest BCUT2D eigenvalue weighted by molar-refractivity contribution is 0.0142. The summed E-state index contributed by atoms with van der Waals surface area (Å²) in [5.41, 5.74) is 2.93. The number of hydrogen-bond acceptors (Lipinski definition) is 2. The van der Waals surface area contributed by atoms with Crippen LogP contribution in [0.5, 0.6) is 0 Å². The molecule has 2 nitrogen and oxygen atoms in total. The molecule has 3 rings (SSSR count). The second-order valence-corrected chi connectivity index (χ2v) is 6.71. The normalized spacial score (nSPS) is 24.5. The van der Waals surface area contributed by atoms with Crippen molar-refractivity contribution in [2.24, 2.45) is 5.92 Å². The summed E-state index contributed by atoms with van der Waals surface area (Å²) in [6, 6.07) is 9.35. The molecular weight excluding hydrogens is 258 g/mol. The Hall–Kier alpha value is -0.860. The van der Waals surface area contributed by atoms with Gasteiger partial charge in [-0.2, -0.15) is 0 Å². The predicted molar refractivity (Wildman–Crippen MR) is 87.5 cm³/mol. The Kier molecular flexibility index (Phi) is 5.32. The molecule has 0 bridgehead atoms. The van der Waals surface area contributed by atoms with Crippen molar-refractivity contribution < 1.29 is 4.74 Å². The molecule has 21 heavy (non-hydrogen) atoms. The molecule has 0 radical (unpaired) electrons. The van der Waals surface area contributed by atoms with Gasteiger partial charge < -0.3 is 10.1 Å². The molecule has 2 unspecified atom stereocenters. The maximum Gasteiger partial charge on any atom is 0.0828 e. The van der Waals surface area contributed by atoms with E-state index in [0.717, 1.165) is 12.5 Å². The van der Waals surface area contributed by atoms with Gasteiger partial charge >= 0.3 is 0 Å². The molecule has 0 saturated heterocycles. The zero-order valence-electron chi connectivity index (χ0n) is 13.3. The summed E-state index contributed by atoms with van der Waals surface area (Å²) in [5.74, 6) is 0.808. The molecule has 0 aliphatic heterocycles. The standard InChI is InChI=1S/C19H29NO/c1-20-18(16-9-3-2-4-10-16)14-21-19-13-7-11-15-8-5-6-12-17(15)19/h5-6,8,12,16,18-20H,2-4,7,9-11,13-14H2,1H3. The maximum atomic E-state index is 6.35.